The molecular weight excluding hydrogens is 272 g/mol. The Balaban J connectivity index is 1.63. The number of thioether (sulfide) groups is 1. The van der Waals surface area contributed by atoms with Gasteiger partial charge in [0.2, 0.25) is 0 Å². The summed E-state index contributed by atoms with van der Waals surface area (Å²) < 4.78 is 0. The van der Waals surface area contributed by atoms with E-state index in [4.69, 9.17) is 0 Å². The Morgan fingerprint density at radius 1 is 1.35 bits per heavy atom. The number of carbonyl (C=O) groups excluding carboxylic acids is 1. The number of hydrogen-bond donors (Lipinski definition) is 3. The van der Waals surface area contributed by atoms with E-state index in [9.17, 15) is 9.90 Å². The second-order valence-corrected chi connectivity index (χ2v) is 6.98. The molecule has 0 aromatic heterocycles. The Morgan fingerprint density at radius 2 is 2.05 bits per heavy atom. The number of amides is 2. The largest absolute Gasteiger partial charge is 0.396 e. The summed E-state index contributed by atoms with van der Waals surface area (Å²) in [5.41, 5.74) is -0.0399. The predicted molar refractivity (Wildman–Crippen MR) is 81.9 cm³/mol. The van der Waals surface area contributed by atoms with Gasteiger partial charge in [0, 0.05) is 28.6 Å². The summed E-state index contributed by atoms with van der Waals surface area (Å²) in [6.07, 6.45) is 2.01. The molecule has 0 heterocycles. The van der Waals surface area contributed by atoms with Crippen LogP contribution in [0.3, 0.4) is 0 Å². The highest BCUT2D eigenvalue weighted by Gasteiger charge is 2.42. The second-order valence-electron chi connectivity index (χ2n) is 5.46. The molecule has 2 rings (SSSR count). The SMILES string of the molecule is CC(CNC(=O)NCC1(CO)CC1)Sc1ccccc1. The van der Waals surface area contributed by atoms with Crippen molar-refractivity contribution >= 4 is 17.8 Å². The Kier molecular flexibility index (Phi) is 5.31. The van der Waals surface area contributed by atoms with Crippen LogP contribution in [0, 0.1) is 5.41 Å². The molecule has 1 atom stereocenters. The topological polar surface area (TPSA) is 61.4 Å². The van der Waals surface area contributed by atoms with Crippen LogP contribution in [0.4, 0.5) is 4.79 Å². The van der Waals surface area contributed by atoms with Crippen LogP contribution >= 0.6 is 11.8 Å². The second kappa shape index (κ2) is 6.99. The van der Waals surface area contributed by atoms with E-state index >= 15 is 0 Å². The van der Waals surface area contributed by atoms with Crippen molar-refractivity contribution in [2.75, 3.05) is 19.7 Å². The van der Waals surface area contributed by atoms with Crippen molar-refractivity contribution in [2.45, 2.75) is 29.9 Å². The molecule has 4 nitrogen and oxygen atoms in total. The number of hydrogen-bond acceptors (Lipinski definition) is 3. The molecule has 0 bridgehead atoms. The molecule has 1 aromatic carbocycles. The van der Waals surface area contributed by atoms with Crippen molar-refractivity contribution in [3.63, 3.8) is 0 Å². The minimum absolute atomic E-state index is 0.0399. The van der Waals surface area contributed by atoms with E-state index in [0.29, 0.717) is 18.3 Å². The van der Waals surface area contributed by atoms with Crippen LogP contribution < -0.4 is 10.6 Å². The molecule has 1 aliphatic rings. The van der Waals surface area contributed by atoms with Crippen molar-refractivity contribution in [3.05, 3.63) is 30.3 Å². The van der Waals surface area contributed by atoms with Crippen molar-refractivity contribution in [1.82, 2.24) is 10.6 Å². The van der Waals surface area contributed by atoms with Crippen LogP contribution in [-0.4, -0.2) is 36.1 Å². The lowest BCUT2D eigenvalue weighted by Gasteiger charge is -2.15. The van der Waals surface area contributed by atoms with Gasteiger partial charge in [0.15, 0.2) is 0 Å². The zero-order valence-electron chi connectivity index (χ0n) is 11.8. The lowest BCUT2D eigenvalue weighted by molar-refractivity contribution is 0.203. The first-order valence-corrected chi connectivity index (χ1v) is 7.86. The molecule has 110 valence electrons. The lowest BCUT2D eigenvalue weighted by Crippen LogP contribution is -2.41. The summed E-state index contributed by atoms with van der Waals surface area (Å²) in [6, 6.07) is 10.0. The molecule has 1 saturated carbocycles. The molecule has 1 aromatic rings. The lowest BCUT2D eigenvalue weighted by atomic mass is 10.1. The molecule has 0 spiro atoms. The monoisotopic (exact) mass is 294 g/mol. The molecule has 5 heteroatoms. The minimum atomic E-state index is -0.148. The maximum atomic E-state index is 11.7. The number of nitrogens with one attached hydrogen (secondary N) is 2. The van der Waals surface area contributed by atoms with Crippen LogP contribution in [0.15, 0.2) is 35.2 Å². The van der Waals surface area contributed by atoms with E-state index in [1.165, 1.54) is 4.90 Å². The van der Waals surface area contributed by atoms with Gasteiger partial charge < -0.3 is 15.7 Å². The summed E-state index contributed by atoms with van der Waals surface area (Å²) in [7, 11) is 0. The summed E-state index contributed by atoms with van der Waals surface area (Å²) in [5.74, 6) is 0. The van der Waals surface area contributed by atoms with Crippen LogP contribution in [0.5, 0.6) is 0 Å². The Hall–Kier alpha value is -1.20. The smallest absolute Gasteiger partial charge is 0.314 e. The maximum absolute atomic E-state index is 11.7. The maximum Gasteiger partial charge on any atom is 0.314 e. The zero-order valence-corrected chi connectivity index (χ0v) is 12.6. The van der Waals surface area contributed by atoms with Gasteiger partial charge in [-0.3, -0.25) is 0 Å². The van der Waals surface area contributed by atoms with Crippen LogP contribution in [-0.2, 0) is 0 Å². The van der Waals surface area contributed by atoms with Gasteiger partial charge in [-0.15, -0.1) is 11.8 Å². The van der Waals surface area contributed by atoms with Gasteiger partial charge in [-0.2, -0.15) is 0 Å². The third-order valence-electron chi connectivity index (χ3n) is 3.55. The van der Waals surface area contributed by atoms with Gasteiger partial charge in [-0.25, -0.2) is 4.79 Å². The highest BCUT2D eigenvalue weighted by Crippen LogP contribution is 2.44. The van der Waals surface area contributed by atoms with E-state index in [1.807, 2.05) is 18.2 Å². The van der Waals surface area contributed by atoms with E-state index in [2.05, 4.69) is 29.7 Å². The number of carbonyl (C=O) groups is 1. The fourth-order valence-corrected chi connectivity index (χ4v) is 2.85. The van der Waals surface area contributed by atoms with E-state index in [1.54, 1.807) is 11.8 Å². The summed E-state index contributed by atoms with van der Waals surface area (Å²) >= 11 is 1.74. The third-order valence-corrected chi connectivity index (χ3v) is 4.66. The predicted octanol–water partition coefficient (Wildman–Crippen LogP) is 2.24. The van der Waals surface area contributed by atoms with Gasteiger partial charge in [0.25, 0.3) is 0 Å². The average molecular weight is 294 g/mol. The minimum Gasteiger partial charge on any atom is -0.396 e. The molecule has 0 saturated heterocycles. The van der Waals surface area contributed by atoms with E-state index in [0.717, 1.165) is 12.8 Å². The average Bonchev–Trinajstić information content (AvgIpc) is 3.25. The highest BCUT2D eigenvalue weighted by atomic mass is 32.2. The van der Waals surface area contributed by atoms with Gasteiger partial charge in [0.1, 0.15) is 0 Å². The van der Waals surface area contributed by atoms with Crippen molar-refractivity contribution in [1.29, 1.82) is 0 Å². The zero-order chi connectivity index (χ0) is 14.4. The standard InChI is InChI=1S/C15H22N2O2S/c1-12(20-13-5-3-2-4-6-13)9-16-14(19)17-10-15(11-18)7-8-15/h2-6,12,18H,7-11H2,1H3,(H2,16,17,19). The fraction of sp³-hybridized carbons (Fsp3) is 0.533. The summed E-state index contributed by atoms with van der Waals surface area (Å²) in [4.78, 5) is 12.9. The summed E-state index contributed by atoms with van der Waals surface area (Å²) in [5, 5.41) is 15.2. The molecule has 1 fully saturated rings. The molecule has 20 heavy (non-hydrogen) atoms. The van der Waals surface area contributed by atoms with Gasteiger partial charge >= 0.3 is 6.03 Å². The molecule has 0 aliphatic heterocycles. The number of aliphatic hydroxyl groups is 1. The summed E-state index contributed by atoms with van der Waals surface area (Å²) in [6.45, 7) is 3.44. The van der Waals surface area contributed by atoms with Gasteiger partial charge in [-0.05, 0) is 25.0 Å². The molecule has 1 aliphatic carbocycles. The third kappa shape index (κ3) is 4.72. The number of rotatable bonds is 7. The van der Waals surface area contributed by atoms with Crippen molar-refractivity contribution in [2.24, 2.45) is 5.41 Å². The molecule has 1 unspecified atom stereocenters. The van der Waals surface area contributed by atoms with E-state index in [-0.39, 0.29) is 18.1 Å². The van der Waals surface area contributed by atoms with Crippen molar-refractivity contribution < 1.29 is 9.90 Å². The molecular formula is C15H22N2O2S. The normalized spacial score (nSPS) is 17.3. The van der Waals surface area contributed by atoms with Crippen LogP contribution in [0.25, 0.3) is 0 Å². The molecule has 3 N–H and O–H groups in total. The first kappa shape index (κ1) is 15.2. The van der Waals surface area contributed by atoms with Crippen LogP contribution in [0.2, 0.25) is 0 Å². The Bertz CT molecular complexity index is 435. The van der Waals surface area contributed by atoms with Gasteiger partial charge in [-0.1, -0.05) is 25.1 Å². The van der Waals surface area contributed by atoms with Crippen LogP contribution in [0.1, 0.15) is 19.8 Å². The number of urea groups is 1. The molecule has 0 radical (unpaired) electrons. The number of benzene rings is 1. The Morgan fingerprint density at radius 3 is 2.65 bits per heavy atom. The fourth-order valence-electron chi connectivity index (χ4n) is 1.91. The van der Waals surface area contributed by atoms with Gasteiger partial charge in [0.05, 0.1) is 6.61 Å². The highest BCUT2D eigenvalue weighted by molar-refractivity contribution is 8.00. The quantitative estimate of drug-likeness (QED) is 0.676. The number of aliphatic hydroxyl groups excluding tert-OH is 1. The van der Waals surface area contributed by atoms with E-state index < -0.39 is 0 Å². The first-order valence-electron chi connectivity index (χ1n) is 6.98. The Labute approximate surface area is 124 Å². The van der Waals surface area contributed by atoms with Crippen molar-refractivity contribution in [3.8, 4) is 0 Å². The first-order chi connectivity index (χ1) is 9.63. The molecule has 2 amide bonds.